The number of methoxy groups -OCH3 is 2. The Morgan fingerprint density at radius 3 is 2.21 bits per heavy atom. The molecular weight excluding hydrogens is 312 g/mol. The van der Waals surface area contributed by atoms with Gasteiger partial charge in [0.15, 0.2) is 0 Å². The van der Waals surface area contributed by atoms with Crippen LogP contribution in [0.2, 0.25) is 0 Å². The summed E-state index contributed by atoms with van der Waals surface area (Å²) in [4.78, 5) is 24.6. The molecule has 0 aliphatic heterocycles. The molecule has 0 fully saturated rings. The second-order valence-corrected chi connectivity index (χ2v) is 5.26. The van der Waals surface area contributed by atoms with E-state index in [4.69, 9.17) is 9.47 Å². The minimum Gasteiger partial charge on any atom is -0.497 e. The molecule has 0 atom stereocenters. The predicted molar refractivity (Wildman–Crippen MR) is 90.8 cm³/mol. The van der Waals surface area contributed by atoms with Crippen molar-refractivity contribution in [1.29, 1.82) is 0 Å². The van der Waals surface area contributed by atoms with Gasteiger partial charge in [-0.15, -0.1) is 0 Å². The summed E-state index contributed by atoms with van der Waals surface area (Å²) in [6.07, 6.45) is 0. The number of benzene rings is 2. The van der Waals surface area contributed by atoms with Crippen LogP contribution in [0.5, 0.6) is 5.75 Å². The molecule has 2 aromatic rings. The van der Waals surface area contributed by atoms with Crippen molar-refractivity contribution in [3.63, 3.8) is 0 Å². The summed E-state index contributed by atoms with van der Waals surface area (Å²) in [5.74, 6) is 0.0310. The second kappa shape index (κ2) is 6.99. The fourth-order valence-corrected chi connectivity index (χ4v) is 2.37. The van der Waals surface area contributed by atoms with Crippen molar-refractivity contribution < 1.29 is 19.2 Å². The van der Waals surface area contributed by atoms with Gasteiger partial charge in [-0.25, -0.2) is 4.79 Å². The number of anilines is 1. The Morgan fingerprint density at radius 2 is 1.75 bits per heavy atom. The number of esters is 1. The van der Waals surface area contributed by atoms with Gasteiger partial charge in [-0.1, -0.05) is 12.1 Å². The van der Waals surface area contributed by atoms with E-state index in [2.05, 4.69) is 0 Å². The van der Waals surface area contributed by atoms with Crippen LogP contribution in [0.15, 0.2) is 36.4 Å². The highest BCUT2D eigenvalue weighted by Crippen LogP contribution is 2.36. The first-order chi connectivity index (χ1) is 11.4. The maximum atomic E-state index is 12.0. The third kappa shape index (κ3) is 3.29. The van der Waals surface area contributed by atoms with Crippen LogP contribution in [0, 0.1) is 10.1 Å². The Hall–Kier alpha value is -3.09. The number of carbonyl (C=O) groups excluding carboxylic acids is 1. The quantitative estimate of drug-likeness (QED) is 0.476. The third-order valence-corrected chi connectivity index (χ3v) is 3.60. The topological polar surface area (TPSA) is 81.9 Å². The van der Waals surface area contributed by atoms with E-state index in [0.29, 0.717) is 22.6 Å². The highest BCUT2D eigenvalue weighted by atomic mass is 16.6. The molecule has 0 spiro atoms. The molecule has 0 N–H and O–H groups in total. The summed E-state index contributed by atoms with van der Waals surface area (Å²) in [5, 5.41) is 11.5. The van der Waals surface area contributed by atoms with E-state index in [9.17, 15) is 14.9 Å². The minimum atomic E-state index is -0.622. The summed E-state index contributed by atoms with van der Waals surface area (Å²) < 4.78 is 9.84. The number of carbonyl (C=O) groups is 1. The van der Waals surface area contributed by atoms with Crippen molar-refractivity contribution in [2.75, 3.05) is 33.2 Å². The molecule has 0 aliphatic rings. The Morgan fingerprint density at radius 1 is 1.12 bits per heavy atom. The van der Waals surface area contributed by atoms with Gasteiger partial charge in [0.2, 0.25) is 0 Å². The molecule has 0 heterocycles. The van der Waals surface area contributed by atoms with Crippen molar-refractivity contribution in [3.05, 3.63) is 52.1 Å². The molecule has 0 radical (unpaired) electrons. The van der Waals surface area contributed by atoms with E-state index in [-0.39, 0.29) is 11.3 Å². The van der Waals surface area contributed by atoms with Crippen LogP contribution in [0.4, 0.5) is 11.4 Å². The molecule has 0 amide bonds. The average Bonchev–Trinajstić information content (AvgIpc) is 2.59. The molecule has 0 aliphatic carbocycles. The van der Waals surface area contributed by atoms with Crippen LogP contribution in [-0.2, 0) is 4.74 Å². The van der Waals surface area contributed by atoms with Gasteiger partial charge in [0.25, 0.3) is 5.69 Å². The number of hydrogen-bond acceptors (Lipinski definition) is 6. The van der Waals surface area contributed by atoms with Crippen LogP contribution in [0.1, 0.15) is 10.4 Å². The summed E-state index contributed by atoms with van der Waals surface area (Å²) in [6.45, 7) is 0. The summed E-state index contributed by atoms with van der Waals surface area (Å²) >= 11 is 0. The molecule has 7 nitrogen and oxygen atoms in total. The lowest BCUT2D eigenvalue weighted by atomic mass is 9.99. The summed E-state index contributed by atoms with van der Waals surface area (Å²) in [5.41, 5.74) is 1.59. The van der Waals surface area contributed by atoms with Crippen LogP contribution in [0.25, 0.3) is 11.1 Å². The normalized spacial score (nSPS) is 10.2. The Bertz CT molecular complexity index is 769. The molecule has 7 heteroatoms. The molecule has 24 heavy (non-hydrogen) atoms. The van der Waals surface area contributed by atoms with Gasteiger partial charge in [0.1, 0.15) is 5.75 Å². The van der Waals surface area contributed by atoms with Crippen LogP contribution < -0.4 is 9.64 Å². The van der Waals surface area contributed by atoms with Gasteiger partial charge in [-0.3, -0.25) is 10.1 Å². The lowest BCUT2D eigenvalue weighted by Gasteiger charge is -2.18. The number of nitro benzene ring substituents is 1. The molecule has 126 valence electrons. The Balaban J connectivity index is 2.71. The summed E-state index contributed by atoms with van der Waals surface area (Å²) in [7, 11) is 6.30. The molecule has 0 unspecified atom stereocenters. The number of nitro groups is 1. The number of nitrogens with zero attached hydrogens (tertiary/aromatic N) is 2. The van der Waals surface area contributed by atoms with E-state index < -0.39 is 10.9 Å². The third-order valence-electron chi connectivity index (χ3n) is 3.60. The average molecular weight is 330 g/mol. The highest BCUT2D eigenvalue weighted by molar-refractivity contribution is 5.99. The molecule has 0 saturated carbocycles. The molecule has 0 saturated heterocycles. The first-order valence-corrected chi connectivity index (χ1v) is 7.11. The first-order valence-electron chi connectivity index (χ1n) is 7.11. The van der Waals surface area contributed by atoms with Crippen molar-refractivity contribution >= 4 is 17.3 Å². The van der Waals surface area contributed by atoms with Crippen LogP contribution in [-0.4, -0.2) is 39.2 Å². The fraction of sp³-hybridized carbons (Fsp3) is 0.235. The fourth-order valence-electron chi connectivity index (χ4n) is 2.37. The Kier molecular flexibility index (Phi) is 5.03. The van der Waals surface area contributed by atoms with E-state index in [1.807, 2.05) is 0 Å². The standard InChI is InChI=1S/C17H18N2O5/c1-18(2)15-9-13(11-5-7-12(23-3)8-6-11)16(19(21)22)10-14(15)17(20)24-4/h5-10H,1-4H3. The van der Waals surface area contributed by atoms with E-state index >= 15 is 0 Å². The zero-order valence-corrected chi connectivity index (χ0v) is 13.9. The van der Waals surface area contributed by atoms with Gasteiger partial charge in [0.05, 0.1) is 36.0 Å². The zero-order chi connectivity index (χ0) is 17.9. The second-order valence-electron chi connectivity index (χ2n) is 5.26. The lowest BCUT2D eigenvalue weighted by Crippen LogP contribution is -2.15. The minimum absolute atomic E-state index is 0.145. The predicted octanol–water partition coefficient (Wildman–Crippen LogP) is 3.12. The van der Waals surface area contributed by atoms with Gasteiger partial charge >= 0.3 is 5.97 Å². The van der Waals surface area contributed by atoms with Gasteiger partial charge < -0.3 is 14.4 Å². The molecule has 2 rings (SSSR count). The first kappa shape index (κ1) is 17.3. The van der Waals surface area contributed by atoms with Crippen molar-refractivity contribution in [3.8, 4) is 16.9 Å². The number of ether oxygens (including phenoxy) is 2. The van der Waals surface area contributed by atoms with Crippen LogP contribution in [0.3, 0.4) is 0 Å². The monoisotopic (exact) mass is 330 g/mol. The van der Waals surface area contributed by atoms with Gasteiger partial charge in [-0.05, 0) is 23.8 Å². The molecule has 0 bridgehead atoms. The molecular formula is C17H18N2O5. The molecule has 2 aromatic carbocycles. The SMILES string of the molecule is COC(=O)c1cc([N+](=O)[O-])c(-c2ccc(OC)cc2)cc1N(C)C. The van der Waals surface area contributed by atoms with Gasteiger partial charge in [-0.2, -0.15) is 0 Å². The number of hydrogen-bond donors (Lipinski definition) is 0. The van der Waals surface area contributed by atoms with E-state index in [1.165, 1.54) is 13.2 Å². The zero-order valence-electron chi connectivity index (χ0n) is 13.9. The Labute approximate surface area is 139 Å². The van der Waals surface area contributed by atoms with Crippen molar-refractivity contribution in [2.45, 2.75) is 0 Å². The van der Waals surface area contributed by atoms with E-state index in [1.54, 1.807) is 56.4 Å². The smallest absolute Gasteiger partial charge is 0.340 e. The molecule has 0 aromatic heterocycles. The summed E-state index contributed by atoms with van der Waals surface area (Å²) in [6, 6.07) is 9.79. The number of rotatable bonds is 5. The van der Waals surface area contributed by atoms with Crippen molar-refractivity contribution in [1.82, 2.24) is 0 Å². The lowest BCUT2D eigenvalue weighted by molar-refractivity contribution is -0.384. The largest absolute Gasteiger partial charge is 0.497 e. The maximum absolute atomic E-state index is 12.0. The van der Waals surface area contributed by atoms with Crippen molar-refractivity contribution in [2.24, 2.45) is 0 Å². The van der Waals surface area contributed by atoms with Crippen LogP contribution >= 0.6 is 0 Å². The van der Waals surface area contributed by atoms with Gasteiger partial charge in [0, 0.05) is 20.2 Å². The van der Waals surface area contributed by atoms with E-state index in [0.717, 1.165) is 0 Å². The highest BCUT2D eigenvalue weighted by Gasteiger charge is 2.24. The maximum Gasteiger partial charge on any atom is 0.340 e.